The van der Waals surface area contributed by atoms with Gasteiger partial charge in [-0.15, -0.1) is 0 Å². The molecule has 26 heavy (non-hydrogen) atoms. The van der Waals surface area contributed by atoms with Gasteiger partial charge in [-0.1, -0.05) is 47.1 Å². The average molecular weight is 446 g/mol. The summed E-state index contributed by atoms with van der Waals surface area (Å²) in [6, 6.07) is 10.0. The molecule has 0 saturated heterocycles. The second-order valence-corrected chi connectivity index (χ2v) is 8.21. The Kier molecular flexibility index (Phi) is 7.99. The Morgan fingerprint density at radius 1 is 1.19 bits per heavy atom. The molecule has 1 atom stereocenters. The van der Waals surface area contributed by atoms with Gasteiger partial charge < -0.3 is 8.94 Å². The van der Waals surface area contributed by atoms with Gasteiger partial charge in [0.2, 0.25) is 0 Å². The summed E-state index contributed by atoms with van der Waals surface area (Å²) in [6.45, 7) is 3.26. The van der Waals surface area contributed by atoms with Crippen molar-refractivity contribution in [2.75, 3.05) is 18.4 Å². The molecule has 0 aliphatic carbocycles. The van der Waals surface area contributed by atoms with Gasteiger partial charge in [-0.25, -0.2) is 10.2 Å². The number of hydrogen-bond donors (Lipinski definition) is 2. The Hall–Kier alpha value is -1.51. The van der Waals surface area contributed by atoms with Crippen LogP contribution in [-0.4, -0.2) is 23.3 Å². The number of nitro groups is 1. The largest absolute Gasteiger partial charge is 0.433 e. The fraction of sp³-hybridized carbons (Fsp3) is 0.375. The lowest BCUT2D eigenvalue weighted by Gasteiger charge is -2.20. The lowest BCUT2D eigenvalue weighted by molar-refractivity contribution is -0.401. The van der Waals surface area contributed by atoms with E-state index in [-0.39, 0.29) is 12.5 Å². The molecule has 10 heteroatoms. The maximum absolute atomic E-state index is 12.7. The van der Waals surface area contributed by atoms with E-state index in [9.17, 15) is 14.7 Å². The molecule has 142 valence electrons. The van der Waals surface area contributed by atoms with Crippen molar-refractivity contribution < 1.29 is 18.4 Å². The standard InChI is InChI=1S/C16H21BrN3O5P/c1-2-10-18-26(23,19-11-9-17)24-12-13-3-5-14(6-4-13)15-7-8-16(25-15)20(21)22/h3-8H,2,9-12H2,1H3,(H2,18,19,23). The first-order valence-corrected chi connectivity index (χ1v) is 10.9. The highest BCUT2D eigenvalue weighted by molar-refractivity contribution is 9.09. The van der Waals surface area contributed by atoms with Gasteiger partial charge in [0.05, 0.1) is 12.7 Å². The molecule has 0 spiro atoms. The predicted molar refractivity (Wildman–Crippen MR) is 103 cm³/mol. The Bertz CT molecular complexity index is 754. The van der Waals surface area contributed by atoms with Crippen LogP contribution in [0.2, 0.25) is 0 Å². The van der Waals surface area contributed by atoms with Gasteiger partial charge in [-0.05, 0) is 18.1 Å². The molecule has 1 aromatic heterocycles. The van der Waals surface area contributed by atoms with Crippen LogP contribution in [0.15, 0.2) is 40.8 Å². The van der Waals surface area contributed by atoms with Crippen LogP contribution in [-0.2, 0) is 15.7 Å². The Morgan fingerprint density at radius 2 is 1.88 bits per heavy atom. The minimum absolute atomic E-state index is 0.169. The van der Waals surface area contributed by atoms with Gasteiger partial charge in [0, 0.05) is 24.0 Å². The van der Waals surface area contributed by atoms with Crippen LogP contribution < -0.4 is 10.2 Å². The minimum atomic E-state index is -3.12. The summed E-state index contributed by atoms with van der Waals surface area (Å²) >= 11 is 3.29. The molecule has 0 saturated carbocycles. The smallest absolute Gasteiger partial charge is 0.401 e. The van der Waals surface area contributed by atoms with Crippen molar-refractivity contribution in [3.8, 4) is 11.3 Å². The summed E-state index contributed by atoms with van der Waals surface area (Å²) in [4.78, 5) is 10.1. The fourth-order valence-corrected chi connectivity index (χ4v) is 4.16. The first-order chi connectivity index (χ1) is 12.5. The number of nitrogens with one attached hydrogen (secondary N) is 2. The Balaban J connectivity index is 2.00. The highest BCUT2D eigenvalue weighted by atomic mass is 79.9. The molecule has 1 heterocycles. The first-order valence-electron chi connectivity index (χ1n) is 8.12. The van der Waals surface area contributed by atoms with E-state index in [1.54, 1.807) is 30.3 Å². The fourth-order valence-electron chi connectivity index (χ4n) is 2.11. The lowest BCUT2D eigenvalue weighted by atomic mass is 10.1. The number of alkyl halides is 1. The van der Waals surface area contributed by atoms with Crippen molar-refractivity contribution in [3.05, 3.63) is 52.1 Å². The molecule has 2 N–H and O–H groups in total. The number of halogens is 1. The molecule has 0 aliphatic heterocycles. The van der Waals surface area contributed by atoms with Gasteiger partial charge >= 0.3 is 13.6 Å². The van der Waals surface area contributed by atoms with Crippen molar-refractivity contribution in [2.24, 2.45) is 0 Å². The molecule has 0 fully saturated rings. The van der Waals surface area contributed by atoms with Crippen LogP contribution >= 0.6 is 23.6 Å². The molecule has 0 radical (unpaired) electrons. The van der Waals surface area contributed by atoms with Crippen molar-refractivity contribution in [3.63, 3.8) is 0 Å². The van der Waals surface area contributed by atoms with Crippen molar-refractivity contribution in [1.29, 1.82) is 0 Å². The zero-order chi connectivity index (χ0) is 19.0. The highest BCUT2D eigenvalue weighted by Crippen LogP contribution is 2.38. The highest BCUT2D eigenvalue weighted by Gasteiger charge is 2.21. The summed E-state index contributed by atoms with van der Waals surface area (Å²) in [6.07, 6.45) is 0.841. The van der Waals surface area contributed by atoms with Gasteiger partial charge in [-0.2, -0.15) is 0 Å². The van der Waals surface area contributed by atoms with E-state index >= 15 is 0 Å². The van der Waals surface area contributed by atoms with Gasteiger partial charge in [0.15, 0.2) is 0 Å². The van der Waals surface area contributed by atoms with Gasteiger partial charge in [-0.3, -0.25) is 14.7 Å². The van der Waals surface area contributed by atoms with E-state index < -0.39 is 12.6 Å². The molecule has 0 amide bonds. The number of rotatable bonds is 11. The van der Waals surface area contributed by atoms with Crippen LogP contribution in [0.4, 0.5) is 5.88 Å². The monoisotopic (exact) mass is 445 g/mol. The number of hydrogen-bond acceptors (Lipinski definition) is 5. The normalized spacial score (nSPS) is 13.5. The summed E-state index contributed by atoms with van der Waals surface area (Å²) in [5, 5.41) is 17.2. The first kappa shape index (κ1) is 20.8. The second-order valence-electron chi connectivity index (χ2n) is 5.42. The van der Waals surface area contributed by atoms with E-state index in [0.717, 1.165) is 12.0 Å². The summed E-state index contributed by atoms with van der Waals surface area (Å²) < 4.78 is 23.5. The van der Waals surface area contributed by atoms with Crippen LogP contribution in [0.25, 0.3) is 11.3 Å². The Morgan fingerprint density at radius 3 is 2.46 bits per heavy atom. The van der Waals surface area contributed by atoms with Crippen LogP contribution in [0.1, 0.15) is 18.9 Å². The third-order valence-electron chi connectivity index (χ3n) is 3.41. The van der Waals surface area contributed by atoms with Crippen molar-refractivity contribution in [2.45, 2.75) is 20.0 Å². The predicted octanol–water partition coefficient (Wildman–Crippen LogP) is 4.46. The van der Waals surface area contributed by atoms with Crippen LogP contribution in [0.5, 0.6) is 0 Å². The average Bonchev–Trinajstić information content (AvgIpc) is 3.14. The molecule has 0 bridgehead atoms. The van der Waals surface area contributed by atoms with E-state index in [4.69, 9.17) is 8.94 Å². The van der Waals surface area contributed by atoms with Gasteiger partial charge in [0.1, 0.15) is 10.7 Å². The van der Waals surface area contributed by atoms with E-state index in [0.29, 0.717) is 29.7 Å². The van der Waals surface area contributed by atoms with E-state index in [1.165, 1.54) is 6.07 Å². The maximum Gasteiger partial charge on any atom is 0.433 e. The summed E-state index contributed by atoms with van der Waals surface area (Å²) in [5.41, 5.74) is 1.54. The van der Waals surface area contributed by atoms with Gasteiger partial charge in [0.25, 0.3) is 0 Å². The number of benzene rings is 1. The molecule has 2 aromatic rings. The second kappa shape index (κ2) is 9.99. The maximum atomic E-state index is 12.7. The Labute approximate surface area is 160 Å². The molecular formula is C16H21BrN3O5P. The van der Waals surface area contributed by atoms with Crippen molar-refractivity contribution in [1.82, 2.24) is 10.2 Å². The number of nitrogens with zero attached hydrogens (tertiary/aromatic N) is 1. The third-order valence-corrected chi connectivity index (χ3v) is 5.58. The molecule has 8 nitrogen and oxygen atoms in total. The van der Waals surface area contributed by atoms with E-state index in [2.05, 4.69) is 26.1 Å². The SMILES string of the molecule is CCCNP(=O)(NCCBr)OCc1ccc(-c2ccc([N+](=O)[O-])o2)cc1. The zero-order valence-corrected chi connectivity index (χ0v) is 16.8. The third kappa shape index (κ3) is 6.03. The molecular weight excluding hydrogens is 425 g/mol. The lowest BCUT2D eigenvalue weighted by Crippen LogP contribution is -2.26. The minimum Gasteiger partial charge on any atom is -0.401 e. The summed E-state index contributed by atoms with van der Waals surface area (Å²) in [7, 11) is -3.12. The topological polar surface area (TPSA) is 107 Å². The van der Waals surface area contributed by atoms with Crippen LogP contribution in [0, 0.1) is 10.1 Å². The molecule has 2 rings (SSSR count). The van der Waals surface area contributed by atoms with Crippen LogP contribution in [0.3, 0.4) is 0 Å². The molecule has 0 aliphatic rings. The van der Waals surface area contributed by atoms with E-state index in [1.807, 2.05) is 6.92 Å². The quantitative estimate of drug-likeness (QED) is 0.227. The van der Waals surface area contributed by atoms with Crippen molar-refractivity contribution >= 4 is 29.5 Å². The number of furan rings is 1. The zero-order valence-electron chi connectivity index (χ0n) is 14.3. The summed E-state index contributed by atoms with van der Waals surface area (Å²) in [5.74, 6) is 0.117. The molecule has 1 unspecified atom stereocenters. The molecule has 1 aromatic carbocycles.